The molecule has 0 N–H and O–H groups in total. The molecule has 0 fully saturated rings. The first-order valence-corrected chi connectivity index (χ1v) is 9.37. The summed E-state index contributed by atoms with van der Waals surface area (Å²) in [5, 5.41) is 0. The smallest absolute Gasteiger partial charge is 0.418 e. The Labute approximate surface area is 179 Å². The number of rotatable bonds is 6. The number of ether oxygens (including phenoxy) is 1. The fourth-order valence-corrected chi connectivity index (χ4v) is 3.29. The zero-order valence-electron chi connectivity index (χ0n) is 16.7. The van der Waals surface area contributed by atoms with Gasteiger partial charge < -0.3 is 4.74 Å². The number of halogens is 6. The van der Waals surface area contributed by atoms with E-state index in [1.165, 1.54) is 31.4 Å². The number of carbonyl (C=O) groups excluding carboxylic acids is 1. The Morgan fingerprint density at radius 3 is 2.06 bits per heavy atom. The molecule has 0 aliphatic carbocycles. The number of hydrogen-bond donors (Lipinski definition) is 0. The minimum Gasteiger partial charge on any atom is -0.497 e. The van der Waals surface area contributed by atoms with Gasteiger partial charge in [0.2, 0.25) is 0 Å². The summed E-state index contributed by atoms with van der Waals surface area (Å²) in [5.41, 5.74) is -2.08. The van der Waals surface area contributed by atoms with Crippen molar-refractivity contribution in [2.45, 2.75) is 24.7 Å². The third-order valence-corrected chi connectivity index (χ3v) is 4.92. The number of benzene rings is 2. The highest BCUT2D eigenvalue weighted by molar-refractivity contribution is 5.97. The topological polar surface area (TPSA) is 39.2 Å². The van der Waals surface area contributed by atoms with Gasteiger partial charge >= 0.3 is 12.4 Å². The normalized spacial score (nSPS) is 13.0. The van der Waals surface area contributed by atoms with E-state index >= 15 is 0 Å². The Kier molecular flexibility index (Phi) is 6.57. The third-order valence-electron chi connectivity index (χ3n) is 4.92. The van der Waals surface area contributed by atoms with Crippen LogP contribution < -0.4 is 4.74 Å². The van der Waals surface area contributed by atoms with Gasteiger partial charge in [-0.05, 0) is 54.1 Å². The van der Waals surface area contributed by atoms with Crippen LogP contribution in [0.5, 0.6) is 5.75 Å². The molecule has 0 spiro atoms. The van der Waals surface area contributed by atoms with Gasteiger partial charge in [-0.2, -0.15) is 26.3 Å². The standard InChI is InChI=1S/C23H17F6NO2/c1-32-17-10-6-15(7-11-17)20(31)13-18(14-4-8-16(9-5-14)22(24,25)26)21-19(23(27,28)29)3-2-12-30-21/h2-12,18H,13H2,1H3/t18-/m0/s1. The molecule has 0 unspecified atom stereocenters. The molecule has 1 atom stereocenters. The van der Waals surface area contributed by atoms with Crippen molar-refractivity contribution in [2.24, 2.45) is 0 Å². The molecule has 0 aliphatic rings. The summed E-state index contributed by atoms with van der Waals surface area (Å²) >= 11 is 0. The fraction of sp³-hybridized carbons (Fsp3) is 0.217. The van der Waals surface area contributed by atoms with Gasteiger partial charge in [-0.25, -0.2) is 0 Å². The second-order valence-corrected chi connectivity index (χ2v) is 6.96. The van der Waals surface area contributed by atoms with Gasteiger partial charge in [0.25, 0.3) is 0 Å². The zero-order valence-corrected chi connectivity index (χ0v) is 16.7. The van der Waals surface area contributed by atoms with E-state index in [1.807, 2.05) is 0 Å². The molecule has 2 aromatic carbocycles. The van der Waals surface area contributed by atoms with Gasteiger partial charge in [0.05, 0.1) is 23.9 Å². The first kappa shape index (κ1) is 23.3. The Morgan fingerprint density at radius 2 is 1.53 bits per heavy atom. The van der Waals surface area contributed by atoms with Crippen molar-refractivity contribution in [3.63, 3.8) is 0 Å². The van der Waals surface area contributed by atoms with Gasteiger partial charge in [-0.1, -0.05) is 12.1 Å². The van der Waals surface area contributed by atoms with Crippen molar-refractivity contribution < 1.29 is 35.9 Å². The average Bonchev–Trinajstić information content (AvgIpc) is 2.76. The van der Waals surface area contributed by atoms with Crippen LogP contribution in [0.4, 0.5) is 26.3 Å². The number of alkyl halides is 6. The van der Waals surface area contributed by atoms with Crippen molar-refractivity contribution in [3.8, 4) is 5.75 Å². The van der Waals surface area contributed by atoms with E-state index < -0.39 is 47.3 Å². The summed E-state index contributed by atoms with van der Waals surface area (Å²) in [5.74, 6) is -1.20. The second-order valence-electron chi connectivity index (χ2n) is 6.96. The lowest BCUT2D eigenvalue weighted by molar-refractivity contribution is -0.139. The number of ketones is 1. The number of carbonyl (C=O) groups is 1. The van der Waals surface area contributed by atoms with E-state index in [0.717, 1.165) is 42.6 Å². The molecule has 0 bridgehead atoms. The Balaban J connectivity index is 2.05. The summed E-state index contributed by atoms with van der Waals surface area (Å²) in [4.78, 5) is 16.7. The lowest BCUT2D eigenvalue weighted by atomic mass is 9.86. The van der Waals surface area contributed by atoms with Gasteiger partial charge in [0, 0.05) is 24.1 Å². The minimum absolute atomic E-state index is 0.115. The van der Waals surface area contributed by atoms with Crippen LogP contribution in [0.1, 0.15) is 45.1 Å². The van der Waals surface area contributed by atoms with Crippen LogP contribution in [-0.2, 0) is 12.4 Å². The first-order valence-electron chi connectivity index (χ1n) is 9.37. The predicted octanol–water partition coefficient (Wildman–Crippen LogP) is 6.53. The molecule has 1 heterocycles. The molecule has 1 aromatic heterocycles. The lowest BCUT2D eigenvalue weighted by Gasteiger charge is -2.21. The molecule has 0 radical (unpaired) electrons. The van der Waals surface area contributed by atoms with E-state index in [1.54, 1.807) is 0 Å². The highest BCUT2D eigenvalue weighted by Gasteiger charge is 2.37. The number of nitrogens with zero attached hydrogens (tertiary/aromatic N) is 1. The molecular formula is C23H17F6NO2. The SMILES string of the molecule is COc1ccc(C(=O)C[C@@H](c2ccc(C(F)(F)F)cc2)c2ncccc2C(F)(F)F)cc1. The average molecular weight is 453 g/mol. The number of hydrogen-bond acceptors (Lipinski definition) is 3. The monoisotopic (exact) mass is 453 g/mol. The summed E-state index contributed by atoms with van der Waals surface area (Å²) in [6.45, 7) is 0. The molecule has 0 aliphatic heterocycles. The molecule has 3 rings (SSSR count). The predicted molar refractivity (Wildman–Crippen MR) is 104 cm³/mol. The van der Waals surface area contributed by atoms with E-state index in [2.05, 4.69) is 4.98 Å². The van der Waals surface area contributed by atoms with E-state index in [-0.39, 0.29) is 11.1 Å². The number of aromatic nitrogens is 1. The molecular weight excluding hydrogens is 436 g/mol. The Hall–Kier alpha value is -3.36. The Morgan fingerprint density at radius 1 is 0.906 bits per heavy atom. The summed E-state index contributed by atoms with van der Waals surface area (Å²) in [7, 11) is 1.44. The zero-order chi connectivity index (χ0) is 23.5. The van der Waals surface area contributed by atoms with Crippen LogP contribution >= 0.6 is 0 Å². The highest BCUT2D eigenvalue weighted by atomic mass is 19.4. The second kappa shape index (κ2) is 9.02. The maximum absolute atomic E-state index is 13.6. The van der Waals surface area contributed by atoms with E-state index in [4.69, 9.17) is 4.74 Å². The number of methoxy groups -OCH3 is 1. The van der Waals surface area contributed by atoms with E-state index in [9.17, 15) is 31.1 Å². The van der Waals surface area contributed by atoms with Crippen LogP contribution in [0.15, 0.2) is 66.9 Å². The number of pyridine rings is 1. The highest BCUT2D eigenvalue weighted by Crippen LogP contribution is 2.39. The van der Waals surface area contributed by atoms with E-state index in [0.29, 0.717) is 5.75 Å². The van der Waals surface area contributed by atoms with Gasteiger partial charge in [-0.3, -0.25) is 9.78 Å². The van der Waals surface area contributed by atoms with Gasteiger partial charge in [0.15, 0.2) is 5.78 Å². The molecule has 168 valence electrons. The maximum Gasteiger partial charge on any atom is 0.418 e. The van der Waals surface area contributed by atoms with Crippen molar-refractivity contribution in [2.75, 3.05) is 7.11 Å². The van der Waals surface area contributed by atoms with Crippen LogP contribution in [0.2, 0.25) is 0 Å². The lowest BCUT2D eigenvalue weighted by Crippen LogP contribution is -2.17. The first-order chi connectivity index (χ1) is 15.0. The minimum atomic E-state index is -4.75. The molecule has 0 saturated carbocycles. The van der Waals surface area contributed by atoms with Gasteiger partial charge in [-0.15, -0.1) is 0 Å². The van der Waals surface area contributed by atoms with Crippen molar-refractivity contribution in [3.05, 3.63) is 94.8 Å². The summed E-state index contributed by atoms with van der Waals surface area (Å²) in [6, 6.07) is 11.6. The Bertz CT molecular complexity index is 1070. The molecule has 3 aromatic rings. The fourth-order valence-electron chi connectivity index (χ4n) is 3.29. The van der Waals surface area contributed by atoms with Gasteiger partial charge in [0.1, 0.15) is 5.75 Å². The summed E-state index contributed by atoms with van der Waals surface area (Å²) in [6.07, 6.45) is -8.62. The largest absolute Gasteiger partial charge is 0.497 e. The molecule has 3 nitrogen and oxygen atoms in total. The van der Waals surface area contributed by atoms with Crippen molar-refractivity contribution >= 4 is 5.78 Å². The summed E-state index contributed by atoms with van der Waals surface area (Å²) < 4.78 is 84.6. The van der Waals surface area contributed by atoms with Crippen LogP contribution in [-0.4, -0.2) is 17.9 Å². The third kappa shape index (κ3) is 5.27. The van der Waals surface area contributed by atoms with Crippen LogP contribution in [0.25, 0.3) is 0 Å². The van der Waals surface area contributed by atoms with Crippen molar-refractivity contribution in [1.29, 1.82) is 0 Å². The quantitative estimate of drug-likeness (QED) is 0.315. The molecule has 0 amide bonds. The maximum atomic E-state index is 13.6. The molecule has 32 heavy (non-hydrogen) atoms. The van der Waals surface area contributed by atoms with Crippen LogP contribution in [0.3, 0.4) is 0 Å². The number of Topliss-reactive ketones (excluding diaryl/α,β-unsaturated/α-hetero) is 1. The molecule has 0 saturated heterocycles. The molecule has 9 heteroatoms. The van der Waals surface area contributed by atoms with Crippen molar-refractivity contribution in [1.82, 2.24) is 4.98 Å². The van der Waals surface area contributed by atoms with Crippen LogP contribution in [0, 0.1) is 0 Å².